The molecule has 1 unspecified atom stereocenters. The van der Waals surface area contributed by atoms with E-state index in [0.717, 1.165) is 19.5 Å². The monoisotopic (exact) mass is 167 g/mol. The van der Waals surface area contributed by atoms with E-state index in [9.17, 15) is 0 Å². The lowest BCUT2D eigenvalue weighted by atomic mass is 10.00. The molecule has 0 aliphatic carbocycles. The van der Waals surface area contributed by atoms with Gasteiger partial charge in [0.15, 0.2) is 0 Å². The highest BCUT2D eigenvalue weighted by atomic mass is 15.2. The average molecular weight is 167 g/mol. The Morgan fingerprint density at radius 3 is 2.58 bits per heavy atom. The molecular formula is C9H17N3. The van der Waals surface area contributed by atoms with Crippen LogP contribution < -0.4 is 5.32 Å². The molecular weight excluding hydrogens is 150 g/mol. The van der Waals surface area contributed by atoms with Crippen LogP contribution in [0.3, 0.4) is 0 Å². The first-order valence-electron chi connectivity index (χ1n) is 4.45. The maximum atomic E-state index is 9.04. The van der Waals surface area contributed by atoms with Crippen molar-refractivity contribution < 1.29 is 0 Å². The Balaban J connectivity index is 2.60. The largest absolute Gasteiger partial charge is 0.303 e. The van der Waals surface area contributed by atoms with E-state index in [4.69, 9.17) is 5.26 Å². The highest BCUT2D eigenvalue weighted by Gasteiger charge is 2.36. The van der Waals surface area contributed by atoms with Gasteiger partial charge in [-0.1, -0.05) is 0 Å². The number of hydrogen-bond acceptors (Lipinski definition) is 3. The van der Waals surface area contributed by atoms with Crippen molar-refractivity contribution >= 4 is 0 Å². The molecule has 1 saturated heterocycles. The Kier molecular flexibility index (Phi) is 2.71. The van der Waals surface area contributed by atoms with Gasteiger partial charge in [-0.2, -0.15) is 5.26 Å². The summed E-state index contributed by atoms with van der Waals surface area (Å²) >= 11 is 0. The van der Waals surface area contributed by atoms with Crippen molar-refractivity contribution in [2.45, 2.75) is 31.8 Å². The van der Waals surface area contributed by atoms with E-state index in [1.165, 1.54) is 0 Å². The van der Waals surface area contributed by atoms with E-state index in [1.807, 2.05) is 0 Å². The van der Waals surface area contributed by atoms with Gasteiger partial charge in [0.1, 0.15) is 5.54 Å². The summed E-state index contributed by atoms with van der Waals surface area (Å²) in [5.41, 5.74) is -0.289. The fourth-order valence-corrected chi connectivity index (χ4v) is 1.79. The van der Waals surface area contributed by atoms with Gasteiger partial charge in [0.05, 0.1) is 6.07 Å². The summed E-state index contributed by atoms with van der Waals surface area (Å²) in [6, 6.07) is 2.77. The van der Waals surface area contributed by atoms with Crippen molar-refractivity contribution in [2.75, 3.05) is 20.1 Å². The number of nitrogens with zero attached hydrogens (tertiary/aromatic N) is 2. The molecule has 1 rings (SSSR count). The van der Waals surface area contributed by atoms with Crippen molar-refractivity contribution in [3.63, 3.8) is 0 Å². The van der Waals surface area contributed by atoms with Crippen LogP contribution in [0.4, 0.5) is 0 Å². The van der Waals surface area contributed by atoms with Crippen LogP contribution in [0.1, 0.15) is 20.3 Å². The van der Waals surface area contributed by atoms with E-state index in [1.54, 1.807) is 0 Å². The minimum Gasteiger partial charge on any atom is -0.303 e. The second-order valence-corrected chi connectivity index (χ2v) is 3.98. The van der Waals surface area contributed by atoms with Crippen molar-refractivity contribution in [1.82, 2.24) is 10.2 Å². The van der Waals surface area contributed by atoms with Gasteiger partial charge in [-0.15, -0.1) is 0 Å². The standard InChI is InChI=1S/C9H17N3/c1-8(2)11-9(6-10)4-5-12(3)7-9/h8,11H,4-5,7H2,1-3H3. The molecule has 12 heavy (non-hydrogen) atoms. The first-order chi connectivity index (χ1) is 5.58. The van der Waals surface area contributed by atoms with Gasteiger partial charge >= 0.3 is 0 Å². The van der Waals surface area contributed by atoms with Crippen LogP contribution >= 0.6 is 0 Å². The highest BCUT2D eigenvalue weighted by Crippen LogP contribution is 2.19. The minimum absolute atomic E-state index is 0.289. The number of likely N-dealkylation sites (tertiary alicyclic amines) is 1. The second-order valence-electron chi connectivity index (χ2n) is 3.98. The van der Waals surface area contributed by atoms with Crippen LogP contribution in [0.5, 0.6) is 0 Å². The molecule has 3 nitrogen and oxygen atoms in total. The van der Waals surface area contributed by atoms with Crippen LogP contribution in [-0.4, -0.2) is 36.6 Å². The van der Waals surface area contributed by atoms with Crippen LogP contribution in [-0.2, 0) is 0 Å². The first-order valence-corrected chi connectivity index (χ1v) is 4.45. The third-order valence-electron chi connectivity index (χ3n) is 2.24. The Morgan fingerprint density at radius 1 is 1.58 bits per heavy atom. The fraction of sp³-hybridized carbons (Fsp3) is 0.889. The molecule has 0 saturated carbocycles. The van der Waals surface area contributed by atoms with Gasteiger partial charge in [-0.05, 0) is 27.3 Å². The van der Waals surface area contributed by atoms with Crippen LogP contribution in [0.2, 0.25) is 0 Å². The maximum absolute atomic E-state index is 9.04. The Hall–Kier alpha value is -0.590. The van der Waals surface area contributed by atoms with Crippen molar-refractivity contribution in [3.05, 3.63) is 0 Å². The zero-order valence-corrected chi connectivity index (χ0v) is 8.09. The lowest BCUT2D eigenvalue weighted by Crippen LogP contribution is -2.49. The van der Waals surface area contributed by atoms with E-state index in [0.29, 0.717) is 6.04 Å². The smallest absolute Gasteiger partial charge is 0.120 e. The zero-order valence-electron chi connectivity index (χ0n) is 8.09. The van der Waals surface area contributed by atoms with Gasteiger partial charge in [0, 0.05) is 19.1 Å². The van der Waals surface area contributed by atoms with Gasteiger partial charge in [-0.3, -0.25) is 5.32 Å². The van der Waals surface area contributed by atoms with Crippen LogP contribution in [0, 0.1) is 11.3 Å². The molecule has 1 aliphatic rings. The summed E-state index contributed by atoms with van der Waals surface area (Å²) in [6.07, 6.45) is 0.943. The fourth-order valence-electron chi connectivity index (χ4n) is 1.79. The first kappa shape index (κ1) is 9.50. The van der Waals surface area contributed by atoms with Crippen molar-refractivity contribution in [1.29, 1.82) is 5.26 Å². The molecule has 1 heterocycles. The number of nitrogens with one attached hydrogen (secondary N) is 1. The van der Waals surface area contributed by atoms with Gasteiger partial charge in [-0.25, -0.2) is 0 Å². The quantitative estimate of drug-likeness (QED) is 0.654. The molecule has 0 radical (unpaired) electrons. The molecule has 0 bridgehead atoms. The topological polar surface area (TPSA) is 39.1 Å². The molecule has 3 heteroatoms. The molecule has 1 aliphatic heterocycles. The van der Waals surface area contributed by atoms with E-state index < -0.39 is 0 Å². The summed E-state index contributed by atoms with van der Waals surface area (Å²) in [4.78, 5) is 2.19. The van der Waals surface area contributed by atoms with Crippen LogP contribution in [0.15, 0.2) is 0 Å². The Morgan fingerprint density at radius 2 is 2.25 bits per heavy atom. The molecule has 0 aromatic rings. The molecule has 0 amide bonds. The molecule has 0 spiro atoms. The summed E-state index contributed by atoms with van der Waals surface area (Å²) in [6.45, 7) is 6.03. The van der Waals surface area contributed by atoms with E-state index in [-0.39, 0.29) is 5.54 Å². The number of nitriles is 1. The van der Waals surface area contributed by atoms with Crippen molar-refractivity contribution in [3.8, 4) is 6.07 Å². The Labute approximate surface area is 74.4 Å². The average Bonchev–Trinajstić information content (AvgIpc) is 2.32. The predicted molar refractivity (Wildman–Crippen MR) is 48.7 cm³/mol. The van der Waals surface area contributed by atoms with Crippen LogP contribution in [0.25, 0.3) is 0 Å². The highest BCUT2D eigenvalue weighted by molar-refractivity contribution is 5.12. The summed E-state index contributed by atoms with van der Waals surface area (Å²) in [7, 11) is 2.06. The second kappa shape index (κ2) is 3.42. The molecule has 1 N–H and O–H groups in total. The summed E-state index contributed by atoms with van der Waals surface area (Å²) < 4.78 is 0. The van der Waals surface area contributed by atoms with E-state index >= 15 is 0 Å². The normalized spacial score (nSPS) is 30.9. The third-order valence-corrected chi connectivity index (χ3v) is 2.24. The van der Waals surface area contributed by atoms with Gasteiger partial charge < -0.3 is 4.90 Å². The van der Waals surface area contributed by atoms with Crippen molar-refractivity contribution in [2.24, 2.45) is 0 Å². The van der Waals surface area contributed by atoms with Gasteiger partial charge in [0.25, 0.3) is 0 Å². The van der Waals surface area contributed by atoms with Gasteiger partial charge in [0.2, 0.25) is 0 Å². The third kappa shape index (κ3) is 1.96. The summed E-state index contributed by atoms with van der Waals surface area (Å²) in [5, 5.41) is 12.4. The molecule has 0 aromatic heterocycles. The molecule has 68 valence electrons. The number of likely N-dealkylation sites (N-methyl/N-ethyl adjacent to an activating group) is 1. The number of hydrogen-bond donors (Lipinski definition) is 1. The Bertz CT molecular complexity index is 194. The lowest BCUT2D eigenvalue weighted by Gasteiger charge is -2.24. The molecule has 1 fully saturated rings. The number of rotatable bonds is 2. The zero-order chi connectivity index (χ0) is 9.19. The molecule has 0 aromatic carbocycles. The SMILES string of the molecule is CC(C)NC1(C#N)CCN(C)C1. The molecule has 1 atom stereocenters. The summed E-state index contributed by atoms with van der Waals surface area (Å²) in [5.74, 6) is 0. The minimum atomic E-state index is -0.289. The van der Waals surface area contributed by atoms with E-state index in [2.05, 4.69) is 37.2 Å². The lowest BCUT2D eigenvalue weighted by molar-refractivity contribution is 0.348. The maximum Gasteiger partial charge on any atom is 0.120 e. The predicted octanol–water partition coefficient (Wildman–Crippen LogP) is 0.582.